The first-order chi connectivity index (χ1) is 16.3. The number of rotatable bonds is 9. The molecule has 0 radical (unpaired) electrons. The normalized spacial score (nSPS) is 10.7. The minimum absolute atomic E-state index is 0.0257. The van der Waals surface area contributed by atoms with E-state index in [1.54, 1.807) is 20.8 Å². The molecule has 1 aromatic carbocycles. The van der Waals surface area contributed by atoms with Crippen LogP contribution in [0.5, 0.6) is 0 Å². The molecule has 0 aliphatic rings. The first-order valence-electron chi connectivity index (χ1n) is 10.7. The van der Waals surface area contributed by atoms with Gasteiger partial charge < -0.3 is 14.8 Å². The molecule has 1 amide bonds. The maximum absolute atomic E-state index is 12.8. The largest absolute Gasteiger partial charge is 0.462 e. The molecule has 0 unspecified atom stereocenters. The van der Waals surface area contributed by atoms with E-state index < -0.39 is 11.9 Å². The van der Waals surface area contributed by atoms with Gasteiger partial charge in [-0.25, -0.2) is 9.59 Å². The second-order valence-corrected chi connectivity index (χ2v) is 9.20. The monoisotopic (exact) mass is 502 g/mol. The summed E-state index contributed by atoms with van der Waals surface area (Å²) in [6.07, 6.45) is 0. The number of thioether (sulfide) groups is 1. The number of amides is 1. The Balaban J connectivity index is 1.79. The fourth-order valence-corrected chi connectivity index (χ4v) is 5.06. The highest BCUT2D eigenvalue weighted by Gasteiger charge is 2.27. The van der Waals surface area contributed by atoms with Gasteiger partial charge in [0.1, 0.15) is 15.7 Å². The predicted molar refractivity (Wildman–Crippen MR) is 131 cm³/mol. The summed E-state index contributed by atoms with van der Waals surface area (Å²) < 4.78 is 12.1. The van der Waals surface area contributed by atoms with Crippen molar-refractivity contribution in [2.45, 2.75) is 39.8 Å². The van der Waals surface area contributed by atoms with Crippen LogP contribution in [0.1, 0.15) is 50.8 Å². The molecule has 0 atom stereocenters. The molecule has 0 spiro atoms. The van der Waals surface area contributed by atoms with Crippen molar-refractivity contribution < 1.29 is 23.9 Å². The smallest absolute Gasteiger partial charge is 0.348 e. The summed E-state index contributed by atoms with van der Waals surface area (Å²) in [6, 6.07) is 7.92. The second-order valence-electron chi connectivity index (χ2n) is 7.24. The summed E-state index contributed by atoms with van der Waals surface area (Å²) in [4.78, 5) is 37.9. The zero-order valence-corrected chi connectivity index (χ0v) is 21.3. The number of esters is 2. The van der Waals surface area contributed by atoms with Gasteiger partial charge in [0.2, 0.25) is 5.91 Å². The summed E-state index contributed by atoms with van der Waals surface area (Å²) in [6.45, 7) is 9.23. The molecule has 3 aromatic rings. The van der Waals surface area contributed by atoms with Crippen LogP contribution in [0.25, 0.3) is 5.69 Å². The maximum atomic E-state index is 12.8. The summed E-state index contributed by atoms with van der Waals surface area (Å²) >= 11 is 2.21. The van der Waals surface area contributed by atoms with Crippen molar-refractivity contribution in [3.63, 3.8) is 0 Å². The number of aryl methyl sites for hydroxylation is 2. The topological polar surface area (TPSA) is 112 Å². The van der Waals surface area contributed by atoms with Crippen LogP contribution in [0.2, 0.25) is 0 Å². The number of hydrogen-bond acceptors (Lipinski definition) is 9. The summed E-state index contributed by atoms with van der Waals surface area (Å²) in [7, 11) is 0. The SMILES string of the molecule is CCOC(=O)c1sc(NC(=O)CSc2nnc(C)n2-c2ccc(C)cc2)c(C(=O)OCC)c1C. The summed E-state index contributed by atoms with van der Waals surface area (Å²) in [5.41, 5.74) is 2.61. The molecule has 0 saturated carbocycles. The van der Waals surface area contributed by atoms with E-state index >= 15 is 0 Å². The molecule has 11 heteroatoms. The van der Waals surface area contributed by atoms with Crippen LogP contribution in [0, 0.1) is 20.8 Å². The van der Waals surface area contributed by atoms with Gasteiger partial charge in [-0.3, -0.25) is 9.36 Å². The molecule has 180 valence electrons. The third kappa shape index (κ3) is 5.65. The highest BCUT2D eigenvalue weighted by Crippen LogP contribution is 2.34. The Labute approximate surface area is 205 Å². The van der Waals surface area contributed by atoms with Crippen LogP contribution >= 0.6 is 23.1 Å². The van der Waals surface area contributed by atoms with Gasteiger partial charge in [-0.2, -0.15) is 0 Å². The van der Waals surface area contributed by atoms with E-state index in [2.05, 4.69) is 15.5 Å². The molecule has 0 aliphatic carbocycles. The van der Waals surface area contributed by atoms with Crippen LogP contribution in [0.4, 0.5) is 5.00 Å². The molecular formula is C23H26N4O5S2. The van der Waals surface area contributed by atoms with Gasteiger partial charge in [0, 0.05) is 5.69 Å². The first kappa shape index (κ1) is 25.4. The third-order valence-electron chi connectivity index (χ3n) is 4.76. The van der Waals surface area contributed by atoms with E-state index in [-0.39, 0.29) is 40.3 Å². The number of thiophene rings is 1. The highest BCUT2D eigenvalue weighted by molar-refractivity contribution is 7.99. The van der Waals surface area contributed by atoms with Gasteiger partial charge in [0.25, 0.3) is 0 Å². The van der Waals surface area contributed by atoms with Crippen molar-refractivity contribution in [2.75, 3.05) is 24.3 Å². The van der Waals surface area contributed by atoms with Crippen molar-refractivity contribution in [3.8, 4) is 5.69 Å². The molecule has 0 saturated heterocycles. The molecule has 1 N–H and O–H groups in total. The highest BCUT2D eigenvalue weighted by atomic mass is 32.2. The molecule has 0 aliphatic heterocycles. The van der Waals surface area contributed by atoms with Gasteiger partial charge in [-0.05, 0) is 52.3 Å². The van der Waals surface area contributed by atoms with Crippen LogP contribution in [-0.2, 0) is 14.3 Å². The average Bonchev–Trinajstić information content (AvgIpc) is 3.32. The van der Waals surface area contributed by atoms with Gasteiger partial charge >= 0.3 is 11.9 Å². The Bertz CT molecular complexity index is 1200. The van der Waals surface area contributed by atoms with Crippen LogP contribution < -0.4 is 5.32 Å². The Morgan fingerprint density at radius 3 is 2.29 bits per heavy atom. The zero-order chi connectivity index (χ0) is 24.8. The Morgan fingerprint density at radius 1 is 1.00 bits per heavy atom. The van der Waals surface area contributed by atoms with Crippen LogP contribution in [0.15, 0.2) is 29.4 Å². The van der Waals surface area contributed by atoms with Gasteiger partial charge in [-0.1, -0.05) is 29.5 Å². The van der Waals surface area contributed by atoms with E-state index in [0.717, 1.165) is 22.6 Å². The van der Waals surface area contributed by atoms with Crippen LogP contribution in [-0.4, -0.2) is 51.6 Å². The Morgan fingerprint density at radius 2 is 1.65 bits per heavy atom. The van der Waals surface area contributed by atoms with E-state index in [9.17, 15) is 14.4 Å². The number of ether oxygens (including phenoxy) is 2. The van der Waals surface area contributed by atoms with Crippen molar-refractivity contribution >= 4 is 45.9 Å². The fraction of sp³-hybridized carbons (Fsp3) is 0.348. The van der Waals surface area contributed by atoms with E-state index in [4.69, 9.17) is 9.47 Å². The number of nitrogens with zero attached hydrogens (tertiary/aromatic N) is 3. The van der Waals surface area contributed by atoms with Crippen molar-refractivity contribution in [2.24, 2.45) is 0 Å². The zero-order valence-electron chi connectivity index (χ0n) is 19.6. The minimum atomic E-state index is -0.607. The maximum Gasteiger partial charge on any atom is 0.348 e. The number of carbonyl (C=O) groups is 3. The molecule has 0 bridgehead atoms. The van der Waals surface area contributed by atoms with Gasteiger partial charge in [0.15, 0.2) is 5.16 Å². The minimum Gasteiger partial charge on any atom is -0.462 e. The fourth-order valence-electron chi connectivity index (χ4n) is 3.16. The van der Waals surface area contributed by atoms with Crippen LogP contribution in [0.3, 0.4) is 0 Å². The molecule has 34 heavy (non-hydrogen) atoms. The van der Waals surface area contributed by atoms with Gasteiger partial charge in [-0.15, -0.1) is 21.5 Å². The number of nitrogens with one attached hydrogen (secondary N) is 1. The quantitative estimate of drug-likeness (QED) is 0.340. The number of hydrogen-bond donors (Lipinski definition) is 1. The van der Waals surface area contributed by atoms with E-state index in [1.807, 2.05) is 42.7 Å². The lowest BCUT2D eigenvalue weighted by Crippen LogP contribution is -2.17. The van der Waals surface area contributed by atoms with E-state index in [0.29, 0.717) is 16.5 Å². The molecule has 2 heterocycles. The average molecular weight is 503 g/mol. The number of anilines is 1. The van der Waals surface area contributed by atoms with Crippen molar-refractivity contribution in [1.82, 2.24) is 14.8 Å². The molecule has 9 nitrogen and oxygen atoms in total. The standard InChI is InChI=1S/C23H26N4O5S2/c1-6-31-21(29)18-14(4)19(22(30)32-7-2)34-20(18)24-17(28)12-33-23-26-25-15(5)27(23)16-10-8-13(3)9-11-16/h8-11H,6-7,12H2,1-5H3,(H,24,28). The number of carbonyl (C=O) groups excluding carboxylic acids is 3. The lowest BCUT2D eigenvalue weighted by molar-refractivity contribution is -0.113. The summed E-state index contributed by atoms with van der Waals surface area (Å²) in [5.74, 6) is -0.790. The third-order valence-corrected chi connectivity index (χ3v) is 6.88. The Hall–Kier alpha value is -3.18. The first-order valence-corrected chi connectivity index (χ1v) is 12.5. The predicted octanol–water partition coefficient (Wildman–Crippen LogP) is 4.34. The summed E-state index contributed by atoms with van der Waals surface area (Å²) in [5, 5.41) is 11.9. The molecule has 0 fully saturated rings. The number of benzene rings is 1. The lowest BCUT2D eigenvalue weighted by Gasteiger charge is -2.09. The van der Waals surface area contributed by atoms with Crippen molar-refractivity contribution in [1.29, 1.82) is 0 Å². The number of aromatic nitrogens is 3. The van der Waals surface area contributed by atoms with E-state index in [1.165, 1.54) is 11.8 Å². The Kier molecular flexibility index (Phi) is 8.46. The van der Waals surface area contributed by atoms with Crippen molar-refractivity contribution in [3.05, 3.63) is 51.7 Å². The lowest BCUT2D eigenvalue weighted by atomic mass is 10.1. The molecule has 3 rings (SSSR count). The molecule has 2 aromatic heterocycles. The molecular weight excluding hydrogens is 476 g/mol. The second kappa shape index (κ2) is 11.3. The van der Waals surface area contributed by atoms with Gasteiger partial charge in [0.05, 0.1) is 24.5 Å².